The zero-order valence-corrected chi connectivity index (χ0v) is 15.4. The van der Waals surface area contributed by atoms with Crippen LogP contribution in [0.15, 0.2) is 46.9 Å². The molecule has 0 bridgehead atoms. The van der Waals surface area contributed by atoms with Crippen molar-refractivity contribution in [1.29, 1.82) is 0 Å². The minimum atomic E-state index is -4.71. The van der Waals surface area contributed by atoms with Crippen LogP contribution in [0.2, 0.25) is 0 Å². The number of halogens is 5. The Morgan fingerprint density at radius 3 is 2.28 bits per heavy atom. The monoisotopic (exact) mass is 439 g/mol. The fourth-order valence-electron chi connectivity index (χ4n) is 2.32. The molecule has 25 heavy (non-hydrogen) atoms. The van der Waals surface area contributed by atoms with Gasteiger partial charge in [-0.25, -0.2) is 12.8 Å². The molecule has 0 N–H and O–H groups in total. The van der Waals surface area contributed by atoms with E-state index in [1.54, 1.807) is 12.1 Å². The van der Waals surface area contributed by atoms with Crippen LogP contribution in [0.4, 0.5) is 23.2 Å². The first-order valence-corrected chi connectivity index (χ1v) is 9.68. The summed E-state index contributed by atoms with van der Waals surface area (Å²) < 4.78 is 77.0. The second-order valence-electron chi connectivity index (χ2n) is 5.43. The molecule has 0 unspecified atom stereocenters. The van der Waals surface area contributed by atoms with E-state index >= 15 is 0 Å². The molecular weight excluding hydrogens is 426 g/mol. The highest BCUT2D eigenvalue weighted by Gasteiger charge is 2.35. The van der Waals surface area contributed by atoms with Gasteiger partial charge >= 0.3 is 6.18 Å². The maximum absolute atomic E-state index is 14.0. The van der Waals surface area contributed by atoms with E-state index in [2.05, 4.69) is 15.9 Å². The van der Waals surface area contributed by atoms with E-state index in [1.807, 2.05) is 0 Å². The molecule has 136 valence electrons. The summed E-state index contributed by atoms with van der Waals surface area (Å²) in [6.07, 6.45) is -4.05. The smallest absolute Gasteiger partial charge is 0.261 e. The van der Waals surface area contributed by atoms with Crippen LogP contribution in [0, 0.1) is 5.82 Å². The highest BCUT2D eigenvalue weighted by atomic mass is 79.9. The Balaban J connectivity index is 2.48. The third kappa shape index (κ3) is 5.43. The van der Waals surface area contributed by atoms with Crippen molar-refractivity contribution in [2.45, 2.75) is 12.6 Å². The van der Waals surface area contributed by atoms with Gasteiger partial charge in [-0.15, -0.1) is 0 Å². The van der Waals surface area contributed by atoms with Crippen molar-refractivity contribution in [3.63, 3.8) is 0 Å². The molecule has 0 fully saturated rings. The van der Waals surface area contributed by atoms with Crippen LogP contribution in [0.5, 0.6) is 0 Å². The van der Waals surface area contributed by atoms with Gasteiger partial charge in [-0.1, -0.05) is 40.2 Å². The molecule has 0 spiro atoms. The highest BCUT2D eigenvalue weighted by Crippen LogP contribution is 2.30. The number of hydrogen-bond donors (Lipinski definition) is 0. The number of benzene rings is 2. The Labute approximate surface area is 151 Å². The van der Waals surface area contributed by atoms with Gasteiger partial charge in [0.05, 0.1) is 11.9 Å². The average Bonchev–Trinajstić information content (AvgIpc) is 2.46. The van der Waals surface area contributed by atoms with Crippen LogP contribution >= 0.6 is 15.9 Å². The third-order valence-electron chi connectivity index (χ3n) is 3.38. The van der Waals surface area contributed by atoms with Gasteiger partial charge in [0.25, 0.3) is 0 Å². The molecule has 2 rings (SSSR count). The molecule has 0 aliphatic carbocycles. The fourth-order valence-corrected chi connectivity index (χ4v) is 3.57. The first kappa shape index (κ1) is 19.7. The van der Waals surface area contributed by atoms with E-state index in [-0.39, 0.29) is 23.2 Å². The van der Waals surface area contributed by atoms with Crippen LogP contribution in [-0.4, -0.2) is 27.4 Å². The Morgan fingerprint density at radius 1 is 1.08 bits per heavy atom. The lowest BCUT2D eigenvalue weighted by Gasteiger charge is -2.26. The van der Waals surface area contributed by atoms with E-state index in [9.17, 15) is 26.0 Å². The second kappa shape index (κ2) is 7.33. The molecule has 0 radical (unpaired) electrons. The average molecular weight is 440 g/mol. The Kier molecular flexibility index (Phi) is 5.78. The second-order valence-corrected chi connectivity index (χ2v) is 8.25. The molecule has 0 aromatic heterocycles. The maximum atomic E-state index is 14.0. The molecule has 0 saturated carbocycles. The van der Waals surface area contributed by atoms with E-state index in [0.29, 0.717) is 15.0 Å². The normalized spacial score (nSPS) is 12.2. The summed E-state index contributed by atoms with van der Waals surface area (Å²) in [7, 11) is -4.17. The predicted molar refractivity (Wildman–Crippen MR) is 91.6 cm³/mol. The Bertz CT molecular complexity index is 869. The third-order valence-corrected chi connectivity index (χ3v) is 5.00. The molecule has 2 aromatic carbocycles. The molecule has 0 aliphatic heterocycles. The van der Waals surface area contributed by atoms with E-state index < -0.39 is 28.6 Å². The summed E-state index contributed by atoms with van der Waals surface area (Å²) in [5.41, 5.74) is 0.402. The largest absolute Gasteiger partial charge is 0.407 e. The van der Waals surface area contributed by atoms with Crippen LogP contribution in [0.1, 0.15) is 11.1 Å². The van der Waals surface area contributed by atoms with E-state index in [0.717, 1.165) is 0 Å². The number of para-hydroxylation sites is 1. The number of nitrogens with zero attached hydrogens (tertiary/aromatic N) is 1. The molecule has 0 heterocycles. The SMILES string of the molecule is CS(=O)(=O)N(CC(F)(F)F)c1ccccc1Cc1ccc(Br)cc1F. The minimum absolute atomic E-state index is 0.0425. The van der Waals surface area contributed by atoms with Crippen molar-refractivity contribution in [3.8, 4) is 0 Å². The topological polar surface area (TPSA) is 37.4 Å². The standard InChI is InChI=1S/C16H14BrF4NO2S/c1-25(23,24)22(10-16(19,20)21)15-5-3-2-4-12(15)8-11-6-7-13(17)9-14(11)18/h2-7,9H,8,10H2,1H3. The van der Waals surface area contributed by atoms with Gasteiger partial charge < -0.3 is 0 Å². The zero-order valence-electron chi connectivity index (χ0n) is 13.0. The lowest BCUT2D eigenvalue weighted by Crippen LogP contribution is -2.39. The van der Waals surface area contributed by atoms with Gasteiger partial charge in [-0.05, 0) is 29.3 Å². The summed E-state index contributed by atoms with van der Waals surface area (Å²) in [6, 6.07) is 10.1. The summed E-state index contributed by atoms with van der Waals surface area (Å²) in [5.74, 6) is -0.536. The highest BCUT2D eigenvalue weighted by molar-refractivity contribution is 9.10. The molecular formula is C16H14BrF4NO2S. The van der Waals surface area contributed by atoms with E-state index in [1.165, 1.54) is 30.3 Å². The van der Waals surface area contributed by atoms with Gasteiger partial charge in [0.15, 0.2) is 0 Å². The Hall–Kier alpha value is -1.61. The summed E-state index contributed by atoms with van der Waals surface area (Å²) in [4.78, 5) is 0. The molecule has 0 aliphatic rings. The van der Waals surface area contributed by atoms with Gasteiger partial charge in [-0.2, -0.15) is 13.2 Å². The van der Waals surface area contributed by atoms with Crippen LogP contribution in [-0.2, 0) is 16.4 Å². The van der Waals surface area contributed by atoms with Crippen molar-refractivity contribution in [2.24, 2.45) is 0 Å². The van der Waals surface area contributed by atoms with Gasteiger partial charge in [0.1, 0.15) is 12.4 Å². The Morgan fingerprint density at radius 2 is 1.72 bits per heavy atom. The van der Waals surface area contributed by atoms with Crippen molar-refractivity contribution < 1.29 is 26.0 Å². The lowest BCUT2D eigenvalue weighted by atomic mass is 10.0. The summed E-state index contributed by atoms with van der Waals surface area (Å²) >= 11 is 3.13. The predicted octanol–water partition coefficient (Wildman–Crippen LogP) is 4.51. The molecule has 2 aromatic rings. The molecule has 9 heteroatoms. The molecule has 0 saturated heterocycles. The van der Waals surface area contributed by atoms with Crippen LogP contribution in [0.25, 0.3) is 0 Å². The van der Waals surface area contributed by atoms with Crippen molar-refractivity contribution in [2.75, 3.05) is 17.1 Å². The quantitative estimate of drug-likeness (QED) is 0.642. The first-order chi connectivity index (χ1) is 11.5. The number of rotatable bonds is 5. The van der Waals surface area contributed by atoms with Crippen molar-refractivity contribution in [3.05, 3.63) is 63.9 Å². The van der Waals surface area contributed by atoms with Crippen molar-refractivity contribution in [1.82, 2.24) is 0 Å². The molecule has 0 atom stereocenters. The summed E-state index contributed by atoms with van der Waals surface area (Å²) in [5, 5.41) is 0. The van der Waals surface area contributed by atoms with Gasteiger partial charge in [0.2, 0.25) is 10.0 Å². The number of alkyl halides is 3. The maximum Gasteiger partial charge on any atom is 0.407 e. The van der Waals surface area contributed by atoms with E-state index in [4.69, 9.17) is 0 Å². The zero-order chi connectivity index (χ0) is 18.8. The van der Waals surface area contributed by atoms with Gasteiger partial charge in [0, 0.05) is 10.9 Å². The lowest BCUT2D eigenvalue weighted by molar-refractivity contribution is -0.117. The minimum Gasteiger partial charge on any atom is -0.261 e. The summed E-state index contributed by atoms with van der Waals surface area (Å²) in [6.45, 7) is -1.65. The number of sulfonamides is 1. The molecule has 0 amide bonds. The fraction of sp³-hybridized carbons (Fsp3) is 0.250. The first-order valence-electron chi connectivity index (χ1n) is 7.03. The van der Waals surface area contributed by atoms with Crippen LogP contribution in [0.3, 0.4) is 0 Å². The molecule has 3 nitrogen and oxygen atoms in total. The van der Waals surface area contributed by atoms with Gasteiger partial charge in [-0.3, -0.25) is 4.31 Å². The van der Waals surface area contributed by atoms with Crippen molar-refractivity contribution >= 4 is 31.6 Å². The number of hydrogen-bond acceptors (Lipinski definition) is 2. The number of anilines is 1. The van der Waals surface area contributed by atoms with Crippen LogP contribution < -0.4 is 4.31 Å².